The molecule has 0 saturated heterocycles. The predicted octanol–water partition coefficient (Wildman–Crippen LogP) is 2.88. The number of hydrogen-bond donors (Lipinski definition) is 2. The van der Waals surface area contributed by atoms with E-state index in [9.17, 15) is 5.11 Å². The highest BCUT2D eigenvalue weighted by Crippen LogP contribution is 2.23. The summed E-state index contributed by atoms with van der Waals surface area (Å²) in [4.78, 5) is 0. The van der Waals surface area contributed by atoms with Gasteiger partial charge < -0.3 is 15.6 Å². The van der Waals surface area contributed by atoms with Crippen LogP contribution < -0.4 is 10.5 Å². The predicted molar refractivity (Wildman–Crippen MR) is 74.6 cm³/mol. The molecule has 1 aromatic rings. The van der Waals surface area contributed by atoms with Crippen molar-refractivity contribution in [3.8, 4) is 5.75 Å². The first-order chi connectivity index (χ1) is 8.54. The maximum absolute atomic E-state index is 10.2. The molecule has 0 aliphatic rings. The van der Waals surface area contributed by atoms with Gasteiger partial charge in [-0.1, -0.05) is 32.9 Å². The number of rotatable bonds is 7. The molecule has 0 radical (unpaired) electrons. The fourth-order valence-electron chi connectivity index (χ4n) is 1.93. The van der Waals surface area contributed by atoms with Crippen LogP contribution in [0.15, 0.2) is 24.3 Å². The monoisotopic (exact) mass is 251 g/mol. The lowest BCUT2D eigenvalue weighted by Crippen LogP contribution is -2.29. The summed E-state index contributed by atoms with van der Waals surface area (Å²) >= 11 is 0. The zero-order valence-electron chi connectivity index (χ0n) is 11.6. The second-order valence-electron chi connectivity index (χ2n) is 5.16. The zero-order chi connectivity index (χ0) is 13.5. The minimum Gasteiger partial charge on any atom is -0.494 e. The van der Waals surface area contributed by atoms with Crippen molar-refractivity contribution in [2.24, 2.45) is 11.7 Å². The maximum Gasteiger partial charge on any atom is 0.119 e. The van der Waals surface area contributed by atoms with Gasteiger partial charge in [0.25, 0.3) is 0 Å². The van der Waals surface area contributed by atoms with E-state index in [1.54, 1.807) is 0 Å². The number of aliphatic hydroxyl groups is 1. The van der Waals surface area contributed by atoms with Crippen molar-refractivity contribution in [2.45, 2.75) is 45.8 Å². The topological polar surface area (TPSA) is 55.5 Å². The number of ether oxygens (including phenoxy) is 1. The van der Waals surface area contributed by atoms with E-state index >= 15 is 0 Å². The van der Waals surface area contributed by atoms with Crippen LogP contribution in [0.5, 0.6) is 5.75 Å². The van der Waals surface area contributed by atoms with Gasteiger partial charge in [0.05, 0.1) is 12.7 Å². The standard InChI is InChI=1S/C15H25NO2/c1-4-8-18-13-7-5-6-12(10-13)15(17)14(16)9-11(2)3/h5-7,10-11,14-15,17H,4,8-9,16H2,1-3H3. The fraction of sp³-hybridized carbons (Fsp3) is 0.600. The van der Waals surface area contributed by atoms with E-state index in [1.165, 1.54) is 0 Å². The van der Waals surface area contributed by atoms with Crippen LogP contribution in [0.3, 0.4) is 0 Å². The first-order valence-electron chi connectivity index (χ1n) is 6.71. The van der Waals surface area contributed by atoms with Crippen LogP contribution in [0, 0.1) is 5.92 Å². The summed E-state index contributed by atoms with van der Waals surface area (Å²) in [5.74, 6) is 1.28. The minimum absolute atomic E-state index is 0.230. The van der Waals surface area contributed by atoms with E-state index in [0.717, 1.165) is 24.2 Å². The van der Waals surface area contributed by atoms with Crippen LogP contribution in [0.25, 0.3) is 0 Å². The Balaban J connectivity index is 2.69. The molecular formula is C15H25NO2. The molecule has 0 fully saturated rings. The highest BCUT2D eigenvalue weighted by atomic mass is 16.5. The molecule has 1 rings (SSSR count). The van der Waals surface area contributed by atoms with Crippen LogP contribution in [-0.2, 0) is 0 Å². The number of benzene rings is 1. The molecule has 0 aliphatic carbocycles. The van der Waals surface area contributed by atoms with Crippen LogP contribution in [0.2, 0.25) is 0 Å². The third-order valence-electron chi connectivity index (χ3n) is 2.82. The first-order valence-corrected chi connectivity index (χ1v) is 6.71. The lowest BCUT2D eigenvalue weighted by Gasteiger charge is -2.21. The Morgan fingerprint density at radius 1 is 1.33 bits per heavy atom. The Labute approximate surface area is 110 Å². The molecule has 18 heavy (non-hydrogen) atoms. The van der Waals surface area contributed by atoms with Crippen LogP contribution in [0.4, 0.5) is 0 Å². The Morgan fingerprint density at radius 2 is 2.06 bits per heavy atom. The lowest BCUT2D eigenvalue weighted by atomic mass is 9.95. The van der Waals surface area contributed by atoms with E-state index in [2.05, 4.69) is 20.8 Å². The van der Waals surface area contributed by atoms with Gasteiger partial charge >= 0.3 is 0 Å². The van der Waals surface area contributed by atoms with E-state index in [4.69, 9.17) is 10.5 Å². The van der Waals surface area contributed by atoms with Crippen molar-refractivity contribution in [3.63, 3.8) is 0 Å². The summed E-state index contributed by atoms with van der Waals surface area (Å²) in [6.45, 7) is 6.97. The molecule has 0 bridgehead atoms. The van der Waals surface area contributed by atoms with Crippen molar-refractivity contribution in [3.05, 3.63) is 29.8 Å². The number of aliphatic hydroxyl groups excluding tert-OH is 1. The van der Waals surface area contributed by atoms with Gasteiger partial charge in [0.1, 0.15) is 5.75 Å². The molecule has 0 aromatic heterocycles. The maximum atomic E-state index is 10.2. The molecule has 3 nitrogen and oxygen atoms in total. The van der Waals surface area contributed by atoms with E-state index < -0.39 is 6.10 Å². The molecule has 0 amide bonds. The Bertz CT molecular complexity index is 352. The van der Waals surface area contributed by atoms with Crippen molar-refractivity contribution in [1.82, 2.24) is 0 Å². The smallest absolute Gasteiger partial charge is 0.119 e. The molecule has 1 aromatic carbocycles. The Kier molecular flexibility index (Phi) is 6.16. The number of nitrogens with two attached hydrogens (primary N) is 1. The van der Waals surface area contributed by atoms with Gasteiger partial charge in [-0.25, -0.2) is 0 Å². The van der Waals surface area contributed by atoms with Crippen molar-refractivity contribution in [1.29, 1.82) is 0 Å². The first kappa shape index (κ1) is 15.0. The third kappa shape index (κ3) is 4.67. The van der Waals surface area contributed by atoms with Crippen LogP contribution in [-0.4, -0.2) is 17.8 Å². The number of hydrogen-bond acceptors (Lipinski definition) is 3. The van der Waals surface area contributed by atoms with Crippen molar-refractivity contribution in [2.75, 3.05) is 6.61 Å². The summed E-state index contributed by atoms with van der Waals surface area (Å²) in [5.41, 5.74) is 6.84. The molecule has 102 valence electrons. The second kappa shape index (κ2) is 7.39. The van der Waals surface area contributed by atoms with Crippen molar-refractivity contribution >= 4 is 0 Å². The minimum atomic E-state index is -0.627. The SMILES string of the molecule is CCCOc1cccc(C(O)C(N)CC(C)C)c1. The molecule has 3 N–H and O–H groups in total. The van der Waals surface area contributed by atoms with Gasteiger partial charge in [0.15, 0.2) is 0 Å². The summed E-state index contributed by atoms with van der Waals surface area (Å²) in [7, 11) is 0. The highest BCUT2D eigenvalue weighted by Gasteiger charge is 2.18. The van der Waals surface area contributed by atoms with Gasteiger partial charge in [-0.05, 0) is 36.5 Å². The highest BCUT2D eigenvalue weighted by molar-refractivity contribution is 5.30. The van der Waals surface area contributed by atoms with E-state index in [0.29, 0.717) is 12.5 Å². The molecule has 0 heterocycles. The largest absolute Gasteiger partial charge is 0.494 e. The molecule has 2 unspecified atom stereocenters. The Morgan fingerprint density at radius 3 is 2.67 bits per heavy atom. The normalized spacial score (nSPS) is 14.6. The van der Waals surface area contributed by atoms with Gasteiger partial charge in [0.2, 0.25) is 0 Å². The molecule has 3 heteroatoms. The quantitative estimate of drug-likeness (QED) is 0.783. The fourth-order valence-corrected chi connectivity index (χ4v) is 1.93. The summed E-state index contributed by atoms with van der Waals surface area (Å²) in [5, 5.41) is 10.2. The van der Waals surface area contributed by atoms with E-state index in [1.807, 2.05) is 24.3 Å². The van der Waals surface area contributed by atoms with Gasteiger partial charge in [-0.2, -0.15) is 0 Å². The lowest BCUT2D eigenvalue weighted by molar-refractivity contribution is 0.135. The van der Waals surface area contributed by atoms with Crippen LogP contribution >= 0.6 is 0 Å². The summed E-state index contributed by atoms with van der Waals surface area (Å²) < 4.78 is 5.55. The molecule has 0 saturated carbocycles. The second-order valence-corrected chi connectivity index (χ2v) is 5.16. The van der Waals surface area contributed by atoms with Gasteiger partial charge in [-0.3, -0.25) is 0 Å². The molecule has 2 atom stereocenters. The molecule has 0 aliphatic heterocycles. The van der Waals surface area contributed by atoms with Gasteiger partial charge in [-0.15, -0.1) is 0 Å². The summed E-state index contributed by atoms with van der Waals surface area (Å²) in [6, 6.07) is 7.33. The molecular weight excluding hydrogens is 226 g/mol. The zero-order valence-corrected chi connectivity index (χ0v) is 11.6. The average molecular weight is 251 g/mol. The Hall–Kier alpha value is -1.06. The van der Waals surface area contributed by atoms with Crippen LogP contribution in [0.1, 0.15) is 45.3 Å². The third-order valence-corrected chi connectivity index (χ3v) is 2.82. The average Bonchev–Trinajstić information content (AvgIpc) is 2.35. The van der Waals surface area contributed by atoms with Crippen molar-refractivity contribution < 1.29 is 9.84 Å². The summed E-state index contributed by atoms with van der Waals surface area (Å²) in [6.07, 6.45) is 1.15. The van der Waals surface area contributed by atoms with Gasteiger partial charge in [0, 0.05) is 6.04 Å². The van der Waals surface area contributed by atoms with E-state index in [-0.39, 0.29) is 6.04 Å². The molecule has 0 spiro atoms.